The maximum absolute atomic E-state index is 12.6. The van der Waals surface area contributed by atoms with E-state index in [1.165, 1.54) is 11.3 Å². The summed E-state index contributed by atoms with van der Waals surface area (Å²) >= 11 is 3.06. The summed E-state index contributed by atoms with van der Waals surface area (Å²) in [6.45, 7) is 0.233. The second kappa shape index (κ2) is 7.03. The highest BCUT2D eigenvalue weighted by atomic mass is 32.2. The molecule has 1 amide bonds. The van der Waals surface area contributed by atoms with Gasteiger partial charge in [-0.2, -0.15) is 0 Å². The summed E-state index contributed by atoms with van der Waals surface area (Å²) in [6.07, 6.45) is 0. The number of carbonyl (C=O) groups is 1. The summed E-state index contributed by atoms with van der Waals surface area (Å²) in [5.41, 5.74) is 2.83. The fraction of sp³-hybridized carbons (Fsp3) is 0.200. The third-order valence-electron chi connectivity index (χ3n) is 4.63. The maximum Gasteiger partial charge on any atom is 0.240 e. The zero-order chi connectivity index (χ0) is 19.1. The van der Waals surface area contributed by atoms with E-state index in [2.05, 4.69) is 0 Å². The van der Waals surface area contributed by atoms with Gasteiger partial charge in [-0.15, -0.1) is 23.1 Å². The zero-order valence-corrected chi connectivity index (χ0v) is 16.6. The molecule has 0 N–H and O–H groups in total. The third kappa shape index (κ3) is 2.98. The molecule has 2 aliphatic heterocycles. The van der Waals surface area contributed by atoms with E-state index in [1.807, 2.05) is 47.8 Å². The largest absolute Gasteiger partial charge is 0.497 e. The van der Waals surface area contributed by atoms with Crippen LogP contribution in [0.15, 0.2) is 47.8 Å². The van der Waals surface area contributed by atoms with E-state index in [0.717, 1.165) is 34.1 Å². The number of fused-ring (bicyclic) bond motifs is 1. The van der Waals surface area contributed by atoms with Crippen LogP contribution in [0.4, 0.5) is 5.13 Å². The van der Waals surface area contributed by atoms with Gasteiger partial charge in [-0.25, -0.2) is 4.98 Å². The van der Waals surface area contributed by atoms with Gasteiger partial charge in [0.1, 0.15) is 11.1 Å². The number of ether oxygens (including phenoxy) is 3. The van der Waals surface area contributed by atoms with Crippen molar-refractivity contribution in [3.05, 3.63) is 53.4 Å². The Labute approximate surface area is 170 Å². The van der Waals surface area contributed by atoms with Crippen molar-refractivity contribution < 1.29 is 19.0 Å². The van der Waals surface area contributed by atoms with Gasteiger partial charge >= 0.3 is 0 Å². The number of amides is 1. The van der Waals surface area contributed by atoms with Gasteiger partial charge in [-0.05, 0) is 42.0 Å². The topological polar surface area (TPSA) is 60.9 Å². The molecule has 0 aliphatic carbocycles. The maximum atomic E-state index is 12.6. The molecule has 0 unspecified atom stereocenters. The summed E-state index contributed by atoms with van der Waals surface area (Å²) < 4.78 is 16.1. The third-order valence-corrected chi connectivity index (χ3v) is 6.69. The number of anilines is 1. The first-order chi connectivity index (χ1) is 13.7. The molecule has 1 aromatic heterocycles. The molecular weight excluding hydrogens is 396 g/mol. The summed E-state index contributed by atoms with van der Waals surface area (Å²) in [5, 5.41) is 2.55. The van der Waals surface area contributed by atoms with E-state index in [9.17, 15) is 4.79 Å². The molecular formula is C20H16N2O4S2. The van der Waals surface area contributed by atoms with Gasteiger partial charge < -0.3 is 14.2 Å². The molecule has 0 bridgehead atoms. The van der Waals surface area contributed by atoms with E-state index in [-0.39, 0.29) is 18.1 Å². The van der Waals surface area contributed by atoms with Gasteiger partial charge in [-0.3, -0.25) is 9.69 Å². The predicted octanol–water partition coefficient (Wildman–Crippen LogP) is 4.33. The molecule has 1 saturated heterocycles. The zero-order valence-electron chi connectivity index (χ0n) is 15.0. The van der Waals surface area contributed by atoms with Crippen molar-refractivity contribution in [2.75, 3.05) is 24.6 Å². The lowest BCUT2D eigenvalue weighted by molar-refractivity contribution is -0.115. The van der Waals surface area contributed by atoms with Gasteiger partial charge in [0.2, 0.25) is 12.7 Å². The van der Waals surface area contributed by atoms with Crippen LogP contribution in [0.1, 0.15) is 10.9 Å². The van der Waals surface area contributed by atoms with E-state index < -0.39 is 0 Å². The number of rotatable bonds is 4. The van der Waals surface area contributed by atoms with Crippen LogP contribution in [0.2, 0.25) is 0 Å². The van der Waals surface area contributed by atoms with Gasteiger partial charge in [0.15, 0.2) is 16.6 Å². The second-order valence-electron chi connectivity index (χ2n) is 6.28. The molecule has 0 radical (unpaired) electrons. The Morgan fingerprint density at radius 3 is 2.79 bits per heavy atom. The molecule has 8 heteroatoms. The van der Waals surface area contributed by atoms with Crippen LogP contribution in [0, 0.1) is 0 Å². The van der Waals surface area contributed by atoms with E-state index in [4.69, 9.17) is 19.2 Å². The molecule has 2 aliphatic rings. The summed E-state index contributed by atoms with van der Waals surface area (Å²) in [6, 6.07) is 13.6. The minimum Gasteiger partial charge on any atom is -0.497 e. The Morgan fingerprint density at radius 1 is 1.14 bits per heavy atom. The average molecular weight is 412 g/mol. The first-order valence-corrected chi connectivity index (χ1v) is 10.6. The van der Waals surface area contributed by atoms with Crippen molar-refractivity contribution in [1.29, 1.82) is 0 Å². The van der Waals surface area contributed by atoms with Crippen LogP contribution in [-0.2, 0) is 4.79 Å². The quantitative estimate of drug-likeness (QED) is 0.636. The highest BCUT2D eigenvalue weighted by Crippen LogP contribution is 2.45. The smallest absolute Gasteiger partial charge is 0.240 e. The van der Waals surface area contributed by atoms with E-state index in [0.29, 0.717) is 10.9 Å². The molecule has 2 aromatic carbocycles. The number of thiazole rings is 1. The number of hydrogen-bond donors (Lipinski definition) is 0. The van der Waals surface area contributed by atoms with Crippen molar-refractivity contribution in [3.63, 3.8) is 0 Å². The average Bonchev–Trinajstić information content (AvgIpc) is 3.46. The lowest BCUT2D eigenvalue weighted by atomic mass is 10.2. The Morgan fingerprint density at radius 2 is 1.96 bits per heavy atom. The number of hydrogen-bond acceptors (Lipinski definition) is 7. The van der Waals surface area contributed by atoms with Crippen LogP contribution in [-0.4, -0.2) is 30.5 Å². The number of methoxy groups -OCH3 is 1. The number of thioether (sulfide) groups is 1. The Kier molecular flexibility index (Phi) is 4.37. The Balaban J connectivity index is 1.45. The van der Waals surface area contributed by atoms with Crippen LogP contribution in [0.25, 0.3) is 11.3 Å². The summed E-state index contributed by atoms with van der Waals surface area (Å²) in [5.74, 6) is 2.74. The first-order valence-electron chi connectivity index (χ1n) is 8.66. The van der Waals surface area contributed by atoms with E-state index >= 15 is 0 Å². The number of carbonyl (C=O) groups excluding carboxylic acids is 1. The predicted molar refractivity (Wildman–Crippen MR) is 109 cm³/mol. The normalized spacial score (nSPS) is 18.0. The van der Waals surface area contributed by atoms with Crippen molar-refractivity contribution in [3.8, 4) is 28.5 Å². The van der Waals surface area contributed by atoms with E-state index in [1.54, 1.807) is 23.8 Å². The molecule has 3 aromatic rings. The number of nitrogens with zero attached hydrogens (tertiary/aromatic N) is 2. The Bertz CT molecular complexity index is 1030. The minimum absolute atomic E-state index is 0.0586. The lowest BCUT2D eigenvalue weighted by Crippen LogP contribution is -2.27. The molecule has 1 fully saturated rings. The van der Waals surface area contributed by atoms with Gasteiger partial charge in [-0.1, -0.05) is 6.07 Å². The van der Waals surface area contributed by atoms with Gasteiger partial charge in [0.25, 0.3) is 0 Å². The molecule has 0 saturated carbocycles. The molecule has 6 nitrogen and oxygen atoms in total. The van der Waals surface area contributed by atoms with Crippen LogP contribution in [0.5, 0.6) is 17.2 Å². The molecule has 0 spiro atoms. The minimum atomic E-state index is -0.128. The monoisotopic (exact) mass is 412 g/mol. The molecule has 3 heterocycles. The van der Waals surface area contributed by atoms with Gasteiger partial charge in [0.05, 0.1) is 18.6 Å². The number of aromatic nitrogens is 1. The SMILES string of the molecule is COc1ccc(-c2csc(N3C(=O)CS[C@@H]3c3ccc4c(c3)OCO4)n2)cc1. The number of benzene rings is 2. The molecule has 5 rings (SSSR count). The van der Waals surface area contributed by atoms with Crippen molar-refractivity contribution in [2.45, 2.75) is 5.37 Å². The highest BCUT2D eigenvalue weighted by molar-refractivity contribution is 8.00. The second-order valence-corrected chi connectivity index (χ2v) is 8.19. The van der Waals surface area contributed by atoms with Crippen LogP contribution < -0.4 is 19.1 Å². The van der Waals surface area contributed by atoms with Gasteiger partial charge in [0, 0.05) is 10.9 Å². The fourth-order valence-electron chi connectivity index (χ4n) is 3.21. The van der Waals surface area contributed by atoms with Crippen molar-refractivity contribution in [1.82, 2.24) is 4.98 Å². The fourth-order valence-corrected chi connectivity index (χ4v) is 5.30. The van der Waals surface area contributed by atoms with Crippen LogP contribution >= 0.6 is 23.1 Å². The van der Waals surface area contributed by atoms with Crippen molar-refractivity contribution in [2.24, 2.45) is 0 Å². The summed E-state index contributed by atoms with van der Waals surface area (Å²) in [4.78, 5) is 19.1. The van der Waals surface area contributed by atoms with Crippen molar-refractivity contribution >= 4 is 34.1 Å². The Hall–Kier alpha value is -2.71. The van der Waals surface area contributed by atoms with Crippen LogP contribution in [0.3, 0.4) is 0 Å². The standard InChI is InChI=1S/C20H16N2O4S2/c1-24-14-5-2-12(3-6-14)15-9-28-20(21-15)22-18(23)10-27-19(22)13-4-7-16-17(8-13)26-11-25-16/h2-9,19H,10-11H2,1H3/t19-/m1/s1. The summed E-state index contributed by atoms with van der Waals surface area (Å²) in [7, 11) is 1.64. The highest BCUT2D eigenvalue weighted by Gasteiger charge is 2.36. The first kappa shape index (κ1) is 17.4. The molecule has 1 atom stereocenters. The molecule has 142 valence electrons. The lowest BCUT2D eigenvalue weighted by Gasteiger charge is -2.21. The molecule has 28 heavy (non-hydrogen) atoms.